The van der Waals surface area contributed by atoms with E-state index in [2.05, 4.69) is 81.5 Å². The zero-order valence-corrected chi connectivity index (χ0v) is 52.2. The van der Waals surface area contributed by atoms with Crippen molar-refractivity contribution in [2.24, 2.45) is 0 Å². The van der Waals surface area contributed by atoms with Gasteiger partial charge in [-0.2, -0.15) is 0 Å². The molecule has 0 N–H and O–H groups in total. The second-order valence-corrected chi connectivity index (χ2v) is 23.1. The van der Waals surface area contributed by atoms with E-state index < -0.39 is 6.10 Å². The summed E-state index contributed by atoms with van der Waals surface area (Å²) in [6.45, 7) is 6.55. The van der Waals surface area contributed by atoms with Crippen LogP contribution in [0.25, 0.3) is 0 Å². The standard InChI is InChI=1S/C72H130O6/c1-4-7-10-13-16-19-22-25-28-30-32-34-35-36-38-39-41-44-47-50-53-56-59-62-65-71(74)77-68-69(67-76-70(73)64-61-58-55-52-49-46-43-27-24-21-18-15-12-9-6-3)78-72(75)66-63-60-57-54-51-48-45-42-40-37-33-31-29-26-23-20-17-14-11-8-5-2/h9,12,18,21,27,31,33,43,49,52,69H,4-8,10-11,13-17,19-20,22-26,28-30,32,34-42,44-48,50-51,53-68H2,1-3H3/b12-9-,21-18-,33-31-,43-27-,52-49-. The van der Waals surface area contributed by atoms with E-state index in [1.165, 1.54) is 238 Å². The third-order valence-corrected chi connectivity index (χ3v) is 15.3. The number of hydrogen-bond donors (Lipinski definition) is 0. The van der Waals surface area contributed by atoms with Gasteiger partial charge in [0.1, 0.15) is 13.2 Å². The third-order valence-electron chi connectivity index (χ3n) is 15.3. The van der Waals surface area contributed by atoms with E-state index in [0.29, 0.717) is 19.3 Å². The molecule has 0 fully saturated rings. The zero-order chi connectivity index (χ0) is 56.4. The molecule has 78 heavy (non-hydrogen) atoms. The topological polar surface area (TPSA) is 78.9 Å². The second-order valence-electron chi connectivity index (χ2n) is 23.1. The number of ether oxygens (including phenoxy) is 3. The fourth-order valence-corrected chi connectivity index (χ4v) is 10.1. The van der Waals surface area contributed by atoms with E-state index >= 15 is 0 Å². The molecule has 0 saturated heterocycles. The average molecular weight is 1090 g/mol. The first kappa shape index (κ1) is 75.1. The monoisotopic (exact) mass is 1090 g/mol. The summed E-state index contributed by atoms with van der Waals surface area (Å²) in [7, 11) is 0. The highest BCUT2D eigenvalue weighted by molar-refractivity contribution is 5.71. The number of carbonyl (C=O) groups excluding carboxylic acids is 3. The molecule has 0 aromatic heterocycles. The number of carbonyl (C=O) groups is 3. The third kappa shape index (κ3) is 63.9. The van der Waals surface area contributed by atoms with Gasteiger partial charge in [-0.05, 0) is 83.5 Å². The predicted molar refractivity (Wildman–Crippen MR) is 339 cm³/mol. The molecular weight excluding hydrogens is 961 g/mol. The minimum Gasteiger partial charge on any atom is -0.462 e. The first-order valence-corrected chi connectivity index (χ1v) is 34.3. The van der Waals surface area contributed by atoms with Gasteiger partial charge in [0.25, 0.3) is 0 Å². The summed E-state index contributed by atoms with van der Waals surface area (Å²) in [4.78, 5) is 38.4. The minimum atomic E-state index is -0.792. The lowest BCUT2D eigenvalue weighted by Crippen LogP contribution is -2.30. The van der Waals surface area contributed by atoms with Crippen LogP contribution in [0.5, 0.6) is 0 Å². The number of esters is 3. The molecule has 0 aromatic carbocycles. The van der Waals surface area contributed by atoms with E-state index in [0.717, 1.165) is 83.5 Å². The van der Waals surface area contributed by atoms with E-state index in [4.69, 9.17) is 14.2 Å². The quantitative estimate of drug-likeness (QED) is 0.0261. The Bertz CT molecular complexity index is 1390. The molecule has 0 radical (unpaired) electrons. The van der Waals surface area contributed by atoms with Crippen molar-refractivity contribution in [1.29, 1.82) is 0 Å². The lowest BCUT2D eigenvalue weighted by molar-refractivity contribution is -0.167. The first-order valence-electron chi connectivity index (χ1n) is 34.3. The fraction of sp³-hybridized carbons (Fsp3) is 0.819. The molecule has 1 atom stereocenters. The molecule has 0 aliphatic carbocycles. The molecule has 454 valence electrons. The Kier molecular flexibility index (Phi) is 64.2. The van der Waals surface area contributed by atoms with Crippen molar-refractivity contribution >= 4 is 17.9 Å². The van der Waals surface area contributed by atoms with E-state index in [-0.39, 0.29) is 31.1 Å². The van der Waals surface area contributed by atoms with Gasteiger partial charge >= 0.3 is 17.9 Å². The van der Waals surface area contributed by atoms with Crippen LogP contribution in [-0.2, 0) is 28.6 Å². The molecule has 6 heteroatoms. The highest BCUT2D eigenvalue weighted by Crippen LogP contribution is 2.18. The van der Waals surface area contributed by atoms with Crippen molar-refractivity contribution in [2.45, 2.75) is 367 Å². The molecule has 1 unspecified atom stereocenters. The Morgan fingerprint density at radius 1 is 0.269 bits per heavy atom. The van der Waals surface area contributed by atoms with E-state index in [9.17, 15) is 14.4 Å². The normalized spacial score (nSPS) is 12.4. The Morgan fingerprint density at radius 2 is 0.500 bits per heavy atom. The molecule has 6 nitrogen and oxygen atoms in total. The van der Waals surface area contributed by atoms with Crippen molar-refractivity contribution in [1.82, 2.24) is 0 Å². The minimum absolute atomic E-state index is 0.0846. The molecule has 0 saturated carbocycles. The summed E-state index contributed by atoms with van der Waals surface area (Å²) in [5.74, 6) is -0.908. The number of unbranched alkanes of at least 4 members (excludes halogenated alkanes) is 42. The van der Waals surface area contributed by atoms with Gasteiger partial charge in [0.2, 0.25) is 0 Å². The van der Waals surface area contributed by atoms with Gasteiger partial charge in [-0.1, -0.05) is 319 Å². The SMILES string of the molecule is CC/C=C\C/C=C\C/C=C\C/C=C\CCCCC(=O)OCC(COC(=O)CCCCCCCCCCCCCCCCCCCCCCCCCC)OC(=O)CCCCCCCCCCC/C=C\CCCCCCCCCC. The van der Waals surface area contributed by atoms with Crippen molar-refractivity contribution < 1.29 is 28.6 Å². The van der Waals surface area contributed by atoms with Crippen LogP contribution in [-0.4, -0.2) is 37.2 Å². The number of hydrogen-bond acceptors (Lipinski definition) is 6. The fourth-order valence-electron chi connectivity index (χ4n) is 10.1. The largest absolute Gasteiger partial charge is 0.462 e. The van der Waals surface area contributed by atoms with Gasteiger partial charge in [-0.15, -0.1) is 0 Å². The molecule has 0 heterocycles. The number of rotatable bonds is 63. The summed E-state index contributed by atoms with van der Waals surface area (Å²) in [5.41, 5.74) is 0. The second kappa shape index (κ2) is 66.6. The Labute approximate surface area is 485 Å². The Hall–Kier alpha value is -2.89. The molecule has 0 aromatic rings. The number of allylic oxidation sites excluding steroid dienone is 10. The lowest BCUT2D eigenvalue weighted by atomic mass is 10.0. The predicted octanol–water partition coefficient (Wildman–Crippen LogP) is 23.5. The summed E-state index contributed by atoms with van der Waals surface area (Å²) < 4.78 is 16.9. The molecule has 0 amide bonds. The van der Waals surface area contributed by atoms with Crippen LogP contribution < -0.4 is 0 Å². The molecule has 0 rings (SSSR count). The van der Waals surface area contributed by atoms with E-state index in [1.807, 2.05) is 0 Å². The maximum absolute atomic E-state index is 12.9. The Balaban J connectivity index is 4.32. The van der Waals surface area contributed by atoms with E-state index in [1.54, 1.807) is 0 Å². The van der Waals surface area contributed by atoms with Crippen molar-refractivity contribution in [2.75, 3.05) is 13.2 Å². The highest BCUT2D eigenvalue weighted by Gasteiger charge is 2.19. The maximum atomic E-state index is 12.9. The van der Waals surface area contributed by atoms with Crippen LogP contribution in [0.4, 0.5) is 0 Å². The van der Waals surface area contributed by atoms with Crippen LogP contribution in [0, 0.1) is 0 Å². The molecule has 0 spiro atoms. The lowest BCUT2D eigenvalue weighted by Gasteiger charge is -2.18. The Morgan fingerprint density at radius 3 is 0.821 bits per heavy atom. The summed E-state index contributed by atoms with van der Waals surface area (Å²) in [5, 5.41) is 0. The van der Waals surface area contributed by atoms with Crippen LogP contribution in [0.15, 0.2) is 60.8 Å². The first-order chi connectivity index (χ1) is 38.5. The summed E-state index contributed by atoms with van der Waals surface area (Å²) in [6.07, 6.45) is 85.4. The zero-order valence-electron chi connectivity index (χ0n) is 52.2. The summed E-state index contributed by atoms with van der Waals surface area (Å²) in [6, 6.07) is 0. The van der Waals surface area contributed by atoms with Crippen molar-refractivity contribution in [3.8, 4) is 0 Å². The molecule has 0 bridgehead atoms. The average Bonchev–Trinajstić information content (AvgIpc) is 3.44. The molecular formula is C72H130O6. The van der Waals surface area contributed by atoms with Gasteiger partial charge < -0.3 is 14.2 Å². The van der Waals surface area contributed by atoms with Crippen molar-refractivity contribution in [3.63, 3.8) is 0 Å². The van der Waals surface area contributed by atoms with Gasteiger partial charge in [0.15, 0.2) is 6.10 Å². The van der Waals surface area contributed by atoms with Crippen LogP contribution >= 0.6 is 0 Å². The van der Waals surface area contributed by atoms with Gasteiger partial charge in [-0.25, -0.2) is 0 Å². The molecule has 0 aliphatic heterocycles. The van der Waals surface area contributed by atoms with Crippen LogP contribution in [0.3, 0.4) is 0 Å². The van der Waals surface area contributed by atoms with Gasteiger partial charge in [0, 0.05) is 19.3 Å². The summed E-state index contributed by atoms with van der Waals surface area (Å²) >= 11 is 0. The van der Waals surface area contributed by atoms with Crippen LogP contribution in [0.1, 0.15) is 361 Å². The van der Waals surface area contributed by atoms with Gasteiger partial charge in [-0.3, -0.25) is 14.4 Å². The van der Waals surface area contributed by atoms with Gasteiger partial charge in [0.05, 0.1) is 0 Å². The van der Waals surface area contributed by atoms with Crippen molar-refractivity contribution in [3.05, 3.63) is 60.8 Å². The van der Waals surface area contributed by atoms with Crippen LogP contribution in [0.2, 0.25) is 0 Å². The molecule has 0 aliphatic rings. The highest BCUT2D eigenvalue weighted by atomic mass is 16.6. The maximum Gasteiger partial charge on any atom is 0.306 e. The smallest absolute Gasteiger partial charge is 0.306 e.